The van der Waals surface area contributed by atoms with Gasteiger partial charge in [-0.15, -0.1) is 0 Å². The van der Waals surface area contributed by atoms with Crippen molar-refractivity contribution < 1.29 is 29.3 Å². The summed E-state index contributed by atoms with van der Waals surface area (Å²) < 4.78 is 13.7. The van der Waals surface area contributed by atoms with Crippen LogP contribution in [0.15, 0.2) is 9.67 Å². The van der Waals surface area contributed by atoms with Crippen LogP contribution < -0.4 is 0 Å². The Hall–Kier alpha value is -0.441. The number of hydrogen-bond acceptors (Lipinski definition) is 6. The molecule has 2 aliphatic rings. The molecule has 7 heteroatoms. The molecule has 0 saturated carbocycles. The molecule has 3 unspecified atom stereocenters. The number of carbonyl (C=O) groups is 2. The second-order valence-electron chi connectivity index (χ2n) is 10.00. The van der Waals surface area contributed by atoms with Crippen molar-refractivity contribution in [2.24, 2.45) is 17.3 Å². The first-order valence-electron chi connectivity index (χ1n) is 11.0. The molecule has 2 radical (unpaired) electrons. The van der Waals surface area contributed by atoms with Gasteiger partial charge in [0.2, 0.25) is 0 Å². The monoisotopic (exact) mass is 530 g/mol. The fourth-order valence-electron chi connectivity index (χ4n) is 4.40. The van der Waals surface area contributed by atoms with Crippen molar-refractivity contribution in [3.63, 3.8) is 0 Å². The summed E-state index contributed by atoms with van der Waals surface area (Å²) in [6, 6.07) is 0. The van der Waals surface area contributed by atoms with Gasteiger partial charge in [0.25, 0.3) is 0 Å². The average molecular weight is 529 g/mol. The number of fused-ring (bicyclic) bond motifs is 1. The molecule has 0 spiro atoms. The normalized spacial score (nSPS) is 41.7. The minimum atomic E-state index is -1.18. The number of ether oxygens (including phenoxy) is 2. The molecule has 0 bridgehead atoms. The third kappa shape index (κ3) is 5.87. The molecule has 170 valence electrons. The number of aliphatic hydroxyl groups excluding tert-OH is 2. The van der Waals surface area contributed by atoms with Gasteiger partial charge in [0.15, 0.2) is 0 Å². The summed E-state index contributed by atoms with van der Waals surface area (Å²) in [5, 5.41) is 21.4. The van der Waals surface area contributed by atoms with Gasteiger partial charge in [-0.05, 0) is 0 Å². The van der Waals surface area contributed by atoms with Crippen molar-refractivity contribution in [1.29, 1.82) is 0 Å². The Morgan fingerprint density at radius 2 is 1.83 bits per heavy atom. The van der Waals surface area contributed by atoms with Gasteiger partial charge in [0, 0.05) is 0 Å². The molecular formula is C23H38O6Sn. The van der Waals surface area contributed by atoms with Gasteiger partial charge in [-0.25, -0.2) is 0 Å². The molecule has 0 aromatic rings. The molecule has 0 aromatic carbocycles. The standard InChI is InChI=1S/C23H37O6.Sn.H/c1-13(2)16-11-18-23(7,29-18)10-8-9-14(3)20(26)15(4)21(27)22(5,6)17(24)12-19(25)28-16;;/h1,14-18,20,24,26H,8-12H2,2-7H3;;/t14?,15?,16-,17?,18-,20-,23+;;/m0../s1. The van der Waals surface area contributed by atoms with E-state index in [-0.39, 0.29) is 35.9 Å². The SMILES string of the molecule is C/C(=[CH]\[SnH])[C@@H]1C[C@@H]2O[C@]2(C)CCCC(C)[C@H](O)C(C)C(=O)C(C)(C)C(O)CC(=O)O1. The zero-order valence-corrected chi connectivity index (χ0v) is 22.5. The molecule has 2 saturated heterocycles. The summed E-state index contributed by atoms with van der Waals surface area (Å²) in [4.78, 5) is 25.7. The van der Waals surface area contributed by atoms with Crippen molar-refractivity contribution in [2.75, 3.05) is 0 Å². The Labute approximate surface area is 193 Å². The molecule has 30 heavy (non-hydrogen) atoms. The van der Waals surface area contributed by atoms with E-state index in [1.807, 2.05) is 13.8 Å². The summed E-state index contributed by atoms with van der Waals surface area (Å²) in [6.07, 6.45) is 0.562. The molecule has 0 aliphatic carbocycles. The van der Waals surface area contributed by atoms with Crippen LogP contribution in [0.25, 0.3) is 0 Å². The second kappa shape index (κ2) is 10.0. The van der Waals surface area contributed by atoms with Crippen LogP contribution >= 0.6 is 0 Å². The fourth-order valence-corrected chi connectivity index (χ4v) is 5.01. The first-order chi connectivity index (χ1) is 13.8. The maximum atomic E-state index is 13.1. The van der Waals surface area contributed by atoms with Gasteiger partial charge < -0.3 is 0 Å². The molecule has 7 atom stereocenters. The van der Waals surface area contributed by atoms with Gasteiger partial charge in [-0.1, -0.05) is 0 Å². The Balaban J connectivity index is 2.26. The van der Waals surface area contributed by atoms with Crippen molar-refractivity contribution >= 4 is 34.3 Å². The van der Waals surface area contributed by atoms with E-state index in [9.17, 15) is 19.8 Å². The van der Waals surface area contributed by atoms with Crippen LogP contribution in [0.4, 0.5) is 0 Å². The van der Waals surface area contributed by atoms with Crippen LogP contribution in [0.1, 0.15) is 73.6 Å². The van der Waals surface area contributed by atoms with Crippen LogP contribution in [-0.4, -0.2) is 74.5 Å². The summed E-state index contributed by atoms with van der Waals surface area (Å²) >= 11 is 0.926. The summed E-state index contributed by atoms with van der Waals surface area (Å²) in [5.41, 5.74) is -0.397. The topological polar surface area (TPSA) is 96.4 Å². The Kier molecular flexibility index (Phi) is 8.61. The summed E-state index contributed by atoms with van der Waals surface area (Å²) in [7, 11) is 0. The fraction of sp³-hybridized carbons (Fsp3) is 0.826. The number of esters is 1. The Bertz CT molecular complexity index is 675. The molecular weight excluding hydrogens is 491 g/mol. The van der Waals surface area contributed by atoms with Crippen molar-refractivity contribution in [3.8, 4) is 0 Å². The molecule has 2 fully saturated rings. The number of rotatable bonds is 1. The van der Waals surface area contributed by atoms with Gasteiger partial charge >= 0.3 is 194 Å². The van der Waals surface area contributed by atoms with Crippen LogP contribution in [0.5, 0.6) is 0 Å². The minimum absolute atomic E-state index is 0.0285. The third-order valence-electron chi connectivity index (χ3n) is 7.18. The molecule has 2 N–H and O–H groups in total. The molecule has 0 aromatic heterocycles. The first-order valence-corrected chi connectivity index (χ1v) is 12.9. The van der Waals surface area contributed by atoms with Gasteiger partial charge in [-0.3, -0.25) is 0 Å². The van der Waals surface area contributed by atoms with Gasteiger partial charge in [0.05, 0.1) is 0 Å². The zero-order chi connectivity index (χ0) is 22.9. The number of epoxide rings is 1. The molecule has 2 aliphatic heterocycles. The van der Waals surface area contributed by atoms with Gasteiger partial charge in [-0.2, -0.15) is 0 Å². The quantitative estimate of drug-likeness (QED) is 0.308. The molecule has 2 heterocycles. The Morgan fingerprint density at radius 3 is 2.43 bits per heavy atom. The molecule has 6 nitrogen and oxygen atoms in total. The number of ketones is 1. The van der Waals surface area contributed by atoms with Crippen LogP contribution in [0.2, 0.25) is 0 Å². The van der Waals surface area contributed by atoms with Crippen LogP contribution in [0, 0.1) is 17.3 Å². The zero-order valence-electron chi connectivity index (χ0n) is 19.2. The first kappa shape index (κ1) is 25.8. The van der Waals surface area contributed by atoms with E-state index >= 15 is 0 Å². The number of Topliss-reactive ketones (excluding diaryl/α,β-unsaturated/α-hetero) is 1. The van der Waals surface area contributed by atoms with E-state index < -0.39 is 29.5 Å². The van der Waals surface area contributed by atoms with Crippen molar-refractivity contribution in [3.05, 3.63) is 9.67 Å². The van der Waals surface area contributed by atoms with Crippen molar-refractivity contribution in [1.82, 2.24) is 0 Å². The van der Waals surface area contributed by atoms with E-state index in [1.165, 1.54) is 0 Å². The molecule has 0 amide bonds. The van der Waals surface area contributed by atoms with E-state index in [0.717, 1.165) is 47.4 Å². The van der Waals surface area contributed by atoms with E-state index in [1.54, 1.807) is 20.8 Å². The average Bonchev–Trinajstić information content (AvgIpc) is 3.32. The van der Waals surface area contributed by atoms with E-state index in [4.69, 9.17) is 9.47 Å². The molecule has 2 rings (SSSR count). The Morgan fingerprint density at radius 1 is 1.20 bits per heavy atom. The van der Waals surface area contributed by atoms with Crippen molar-refractivity contribution in [2.45, 2.75) is 104 Å². The second-order valence-corrected chi connectivity index (χ2v) is 11.0. The van der Waals surface area contributed by atoms with E-state index in [0.29, 0.717) is 6.42 Å². The van der Waals surface area contributed by atoms with Gasteiger partial charge in [0.1, 0.15) is 0 Å². The van der Waals surface area contributed by atoms with E-state index in [2.05, 4.69) is 11.0 Å². The number of aliphatic hydroxyl groups is 2. The predicted molar refractivity (Wildman–Crippen MR) is 116 cm³/mol. The predicted octanol–water partition coefficient (Wildman–Crippen LogP) is 2.41. The maximum absolute atomic E-state index is 13.1. The third-order valence-corrected chi connectivity index (χ3v) is 8.68. The van der Waals surface area contributed by atoms with Crippen LogP contribution in [0.3, 0.4) is 0 Å². The summed E-state index contributed by atoms with van der Waals surface area (Å²) in [5.74, 6) is -1.43. The number of cyclic esters (lactones) is 1. The number of hydrogen-bond donors (Lipinski definition) is 2. The summed E-state index contributed by atoms with van der Waals surface area (Å²) in [6.45, 7) is 11.0. The van der Waals surface area contributed by atoms with Crippen LogP contribution in [-0.2, 0) is 19.1 Å². The number of carbonyl (C=O) groups excluding carboxylic acids is 2.